The first-order valence-electron chi connectivity index (χ1n) is 7.48. The van der Waals surface area contributed by atoms with Gasteiger partial charge in [-0.15, -0.1) is 5.92 Å². The first-order chi connectivity index (χ1) is 11.7. The molecule has 0 aliphatic rings. The zero-order valence-electron chi connectivity index (χ0n) is 13.5. The highest BCUT2D eigenvalue weighted by Crippen LogP contribution is 2.28. The third kappa shape index (κ3) is 2.66. The highest BCUT2D eigenvalue weighted by molar-refractivity contribution is 5.94. The summed E-state index contributed by atoms with van der Waals surface area (Å²) in [6.07, 6.45) is 1.10. The van der Waals surface area contributed by atoms with E-state index in [-0.39, 0.29) is 5.62 Å². The van der Waals surface area contributed by atoms with Gasteiger partial charge in [0.05, 0.1) is 11.9 Å². The van der Waals surface area contributed by atoms with Gasteiger partial charge in [0.1, 0.15) is 5.82 Å². The predicted octanol–water partition coefficient (Wildman–Crippen LogP) is 3.11. The van der Waals surface area contributed by atoms with E-state index >= 15 is 0 Å². The van der Waals surface area contributed by atoms with E-state index in [9.17, 15) is 0 Å². The van der Waals surface area contributed by atoms with Crippen molar-refractivity contribution in [2.24, 2.45) is 0 Å². The average molecular weight is 315 g/mol. The molecule has 24 heavy (non-hydrogen) atoms. The summed E-state index contributed by atoms with van der Waals surface area (Å²) in [5, 5.41) is 16.6. The molecule has 0 radical (unpaired) electrons. The van der Waals surface area contributed by atoms with Crippen LogP contribution in [0.3, 0.4) is 0 Å². The molecule has 0 aliphatic heterocycles. The number of benzene rings is 2. The lowest BCUT2D eigenvalue weighted by Gasteiger charge is -2.21. The van der Waals surface area contributed by atoms with Gasteiger partial charge in [-0.1, -0.05) is 24.1 Å². The van der Waals surface area contributed by atoms with Crippen LogP contribution < -0.4 is 10.5 Å². The Kier molecular flexibility index (Phi) is 4.13. The van der Waals surface area contributed by atoms with E-state index in [4.69, 9.17) is 10.8 Å². The van der Waals surface area contributed by atoms with Gasteiger partial charge in [0.25, 0.3) is 0 Å². The van der Waals surface area contributed by atoms with Gasteiger partial charge in [0.2, 0.25) is 5.62 Å². The van der Waals surface area contributed by atoms with Crippen LogP contribution >= 0.6 is 0 Å². The Balaban J connectivity index is 2.31. The lowest BCUT2D eigenvalue weighted by atomic mass is 10.1. The molecule has 0 bridgehead atoms. The fourth-order valence-electron chi connectivity index (χ4n) is 2.63. The van der Waals surface area contributed by atoms with Crippen molar-refractivity contribution in [3.05, 3.63) is 59.7 Å². The average Bonchev–Trinajstić information content (AvgIpc) is 2.61. The number of aromatic nitrogens is 2. The van der Waals surface area contributed by atoms with E-state index in [1.807, 2.05) is 60.5 Å². The lowest BCUT2D eigenvalue weighted by molar-refractivity contribution is 0.915. The van der Waals surface area contributed by atoms with Gasteiger partial charge >= 0.3 is 0 Å². The van der Waals surface area contributed by atoms with Gasteiger partial charge < -0.3 is 4.90 Å². The number of hydrogen-bond acceptors (Lipinski definition) is 4. The van der Waals surface area contributed by atoms with Crippen LogP contribution in [0.5, 0.6) is 0 Å². The molecule has 0 aliphatic carbocycles. The maximum Gasteiger partial charge on any atom is 0.229 e. The van der Waals surface area contributed by atoms with Crippen molar-refractivity contribution in [2.45, 2.75) is 6.92 Å². The molecule has 0 saturated heterocycles. The van der Waals surface area contributed by atoms with Crippen LogP contribution in [0.1, 0.15) is 12.5 Å². The minimum Gasteiger partial charge on any atom is -0.329 e. The van der Waals surface area contributed by atoms with Gasteiger partial charge in [-0.3, -0.25) is 15.4 Å². The fraction of sp³-hybridized carbons (Fsp3) is 0.105. The normalized spacial score (nSPS) is 10.1. The van der Waals surface area contributed by atoms with E-state index in [2.05, 4.69) is 16.8 Å². The van der Waals surface area contributed by atoms with E-state index in [1.54, 1.807) is 6.92 Å². The van der Waals surface area contributed by atoms with Crippen molar-refractivity contribution >= 4 is 28.7 Å². The first-order valence-corrected chi connectivity index (χ1v) is 7.48. The van der Waals surface area contributed by atoms with Crippen LogP contribution in [0.2, 0.25) is 0 Å². The summed E-state index contributed by atoms with van der Waals surface area (Å²) in [6.45, 7) is 1.78. The molecule has 0 fully saturated rings. The molecule has 3 aromatic rings. The minimum absolute atomic E-state index is 0.0110. The van der Waals surface area contributed by atoms with Crippen LogP contribution in [0, 0.1) is 22.7 Å². The summed E-state index contributed by atoms with van der Waals surface area (Å²) >= 11 is 0. The van der Waals surface area contributed by atoms with Gasteiger partial charge in [0, 0.05) is 23.7 Å². The van der Waals surface area contributed by atoms with Gasteiger partial charge in [-0.05, 0) is 37.3 Å². The van der Waals surface area contributed by atoms with Crippen LogP contribution in [-0.4, -0.2) is 22.9 Å². The topological polar surface area (TPSA) is 68.8 Å². The van der Waals surface area contributed by atoms with E-state index < -0.39 is 0 Å². The Morgan fingerprint density at radius 1 is 1.17 bits per heavy atom. The van der Waals surface area contributed by atoms with Crippen molar-refractivity contribution in [2.75, 3.05) is 11.9 Å². The molecule has 0 spiro atoms. The molecule has 118 valence electrons. The third-order valence-corrected chi connectivity index (χ3v) is 3.80. The quantitative estimate of drug-likeness (QED) is 0.443. The molecular weight excluding hydrogens is 298 g/mol. The van der Waals surface area contributed by atoms with Gasteiger partial charge in [0.15, 0.2) is 0 Å². The lowest BCUT2D eigenvalue weighted by Crippen LogP contribution is -2.26. The highest BCUT2D eigenvalue weighted by atomic mass is 15.2. The van der Waals surface area contributed by atoms with Crippen molar-refractivity contribution in [1.82, 2.24) is 9.55 Å². The second kappa shape index (κ2) is 6.39. The molecule has 0 saturated carbocycles. The molecule has 2 N–H and O–H groups in total. The Labute approximate surface area is 140 Å². The summed E-state index contributed by atoms with van der Waals surface area (Å²) < 4.78 is 1.44. The molecule has 5 nitrogen and oxygen atoms in total. The Bertz CT molecular complexity index is 1020. The van der Waals surface area contributed by atoms with Crippen molar-refractivity contribution in [3.63, 3.8) is 0 Å². The van der Waals surface area contributed by atoms with Crippen molar-refractivity contribution < 1.29 is 0 Å². The van der Waals surface area contributed by atoms with Crippen LogP contribution in [0.25, 0.3) is 10.9 Å². The summed E-state index contributed by atoms with van der Waals surface area (Å²) in [4.78, 5) is 6.34. The minimum atomic E-state index is 0.0110. The number of anilines is 2. The maximum atomic E-state index is 8.16. The summed E-state index contributed by atoms with van der Waals surface area (Å²) in [6, 6.07) is 15.6. The second-order valence-electron chi connectivity index (χ2n) is 5.26. The monoisotopic (exact) mass is 315 g/mol. The number of nitrogens with zero attached hydrogens (tertiary/aromatic N) is 3. The molecule has 1 heterocycles. The van der Waals surface area contributed by atoms with Gasteiger partial charge in [-0.2, -0.15) is 4.98 Å². The zero-order chi connectivity index (χ0) is 17.1. The maximum absolute atomic E-state index is 8.16. The molecule has 3 rings (SSSR count). The van der Waals surface area contributed by atoms with Gasteiger partial charge in [-0.25, -0.2) is 0 Å². The number of para-hydroxylation sites is 1. The molecule has 5 heteroatoms. The molecule has 0 amide bonds. The molecule has 0 unspecified atom stereocenters. The van der Waals surface area contributed by atoms with Crippen LogP contribution in [0.4, 0.5) is 11.5 Å². The molecule has 2 aromatic carbocycles. The standard InChI is InChI=1S/C19H17N5/c1-3-7-14-10-11-16-17(12-14)24(13-20)19(21)22-18(16)23(2)15-8-5-4-6-9-15/h4-6,8-13,20-21H,1-2H3. The smallest absolute Gasteiger partial charge is 0.229 e. The summed E-state index contributed by atoms with van der Waals surface area (Å²) in [5.74, 6) is 6.57. The van der Waals surface area contributed by atoms with E-state index in [1.165, 1.54) is 4.57 Å². The van der Waals surface area contributed by atoms with E-state index in [0.717, 1.165) is 28.5 Å². The van der Waals surface area contributed by atoms with E-state index in [0.29, 0.717) is 5.82 Å². The Morgan fingerprint density at radius 3 is 2.58 bits per heavy atom. The SMILES string of the molecule is CC#Cc1ccc2c(N(C)c3ccccc3)nc(=N)n(C=N)c2c1. The number of fused-ring (bicyclic) bond motifs is 1. The van der Waals surface area contributed by atoms with Crippen molar-refractivity contribution in [1.29, 1.82) is 10.8 Å². The second-order valence-corrected chi connectivity index (χ2v) is 5.26. The van der Waals surface area contributed by atoms with Crippen LogP contribution in [0.15, 0.2) is 48.5 Å². The van der Waals surface area contributed by atoms with Crippen molar-refractivity contribution in [3.8, 4) is 11.8 Å². The largest absolute Gasteiger partial charge is 0.329 e. The highest BCUT2D eigenvalue weighted by Gasteiger charge is 2.13. The fourth-order valence-corrected chi connectivity index (χ4v) is 2.63. The zero-order valence-corrected chi connectivity index (χ0v) is 13.5. The Morgan fingerprint density at radius 2 is 1.92 bits per heavy atom. The Hall–Kier alpha value is -3.39. The molecule has 1 aromatic heterocycles. The number of rotatable bonds is 3. The summed E-state index contributed by atoms with van der Waals surface area (Å²) in [5.41, 5.74) is 2.58. The number of hydrogen-bond donors (Lipinski definition) is 2. The summed E-state index contributed by atoms with van der Waals surface area (Å²) in [7, 11) is 1.92. The molecule has 0 atom stereocenters. The number of nitrogens with one attached hydrogen (secondary N) is 2. The third-order valence-electron chi connectivity index (χ3n) is 3.80. The first kappa shape index (κ1) is 15.5. The van der Waals surface area contributed by atoms with Crippen LogP contribution in [-0.2, 0) is 0 Å². The predicted molar refractivity (Wildman–Crippen MR) is 96.8 cm³/mol. The molecular formula is C19H17N5.